The summed E-state index contributed by atoms with van der Waals surface area (Å²) in [5, 5.41) is 11.1. The van der Waals surface area contributed by atoms with Crippen LogP contribution in [0.15, 0.2) is 48.8 Å². The summed E-state index contributed by atoms with van der Waals surface area (Å²) in [7, 11) is 0. The minimum Gasteiger partial charge on any atom is -0.545 e. The van der Waals surface area contributed by atoms with Gasteiger partial charge in [0.05, 0.1) is 23.5 Å². The number of carboxylic acid groups (broad SMARTS) is 1. The van der Waals surface area contributed by atoms with E-state index in [1.165, 1.54) is 6.07 Å². The van der Waals surface area contributed by atoms with E-state index in [9.17, 15) is 14.7 Å². The van der Waals surface area contributed by atoms with Crippen LogP contribution in [0.1, 0.15) is 24.2 Å². The monoisotopic (exact) mass is 434 g/mol. The van der Waals surface area contributed by atoms with Crippen molar-refractivity contribution in [1.29, 1.82) is 0 Å². The Kier molecular flexibility index (Phi) is 6.41. The third-order valence-corrected chi connectivity index (χ3v) is 6.10. The third-order valence-electron chi connectivity index (χ3n) is 6.10. The van der Waals surface area contributed by atoms with Gasteiger partial charge in [-0.2, -0.15) is 0 Å². The Bertz CT molecular complexity index is 1110. The van der Waals surface area contributed by atoms with Crippen LogP contribution in [0.3, 0.4) is 0 Å². The van der Waals surface area contributed by atoms with Crippen LogP contribution >= 0.6 is 0 Å². The molecule has 2 heterocycles. The molecule has 3 aromatic rings. The fraction of sp³-hybridized carbons (Fsp3) is 0.375. The molecule has 1 saturated heterocycles. The summed E-state index contributed by atoms with van der Waals surface area (Å²) in [4.78, 5) is 34.3. The van der Waals surface area contributed by atoms with Crippen molar-refractivity contribution >= 4 is 28.6 Å². The Morgan fingerprint density at radius 1 is 1.00 bits per heavy atom. The summed E-state index contributed by atoms with van der Waals surface area (Å²) >= 11 is 0. The molecule has 0 bridgehead atoms. The van der Waals surface area contributed by atoms with E-state index >= 15 is 0 Å². The minimum absolute atomic E-state index is 0.119. The number of anilines is 1. The molecule has 8 heteroatoms. The van der Waals surface area contributed by atoms with Crippen molar-refractivity contribution in [2.24, 2.45) is 0 Å². The zero-order chi connectivity index (χ0) is 22.7. The molecule has 0 radical (unpaired) electrons. The summed E-state index contributed by atoms with van der Waals surface area (Å²) in [5.74, 6) is -1.01. The highest BCUT2D eigenvalue weighted by Crippen LogP contribution is 2.24. The predicted molar refractivity (Wildman–Crippen MR) is 122 cm³/mol. The average molecular weight is 435 g/mol. The first-order valence-electron chi connectivity index (χ1n) is 11.0. The van der Waals surface area contributed by atoms with Crippen molar-refractivity contribution in [3.05, 3.63) is 54.4 Å². The number of likely N-dealkylation sites (N-methyl/N-ethyl adjacent to an activating group) is 1. The summed E-state index contributed by atoms with van der Waals surface area (Å²) in [6.07, 6.45) is 1.71. The molecule has 0 aliphatic carbocycles. The number of nitrogens with zero attached hydrogens (tertiary/aromatic N) is 5. The Hall–Kier alpha value is -3.39. The van der Waals surface area contributed by atoms with E-state index in [0.29, 0.717) is 12.1 Å². The average Bonchev–Trinajstić information content (AvgIpc) is 3.24. The molecule has 1 aliphatic heterocycles. The minimum atomic E-state index is -1.21. The number of carbonyl (C=O) groups is 2. The van der Waals surface area contributed by atoms with Crippen molar-refractivity contribution in [3.8, 4) is 5.69 Å². The van der Waals surface area contributed by atoms with E-state index in [1.54, 1.807) is 18.5 Å². The van der Waals surface area contributed by atoms with E-state index in [1.807, 2.05) is 35.4 Å². The number of carbonyl (C=O) groups excluding carboxylic acids is 2. The van der Waals surface area contributed by atoms with Crippen LogP contribution in [0, 0.1) is 0 Å². The van der Waals surface area contributed by atoms with E-state index in [2.05, 4.69) is 26.9 Å². The number of imidazole rings is 1. The van der Waals surface area contributed by atoms with Crippen molar-refractivity contribution in [1.82, 2.24) is 19.4 Å². The topological polar surface area (TPSA) is 84.7 Å². The Labute approximate surface area is 187 Å². The van der Waals surface area contributed by atoms with Crippen molar-refractivity contribution in [3.63, 3.8) is 0 Å². The molecule has 8 nitrogen and oxygen atoms in total. The predicted octanol–water partition coefficient (Wildman–Crippen LogP) is 1.38. The molecule has 168 valence electrons. The second-order valence-electron chi connectivity index (χ2n) is 7.95. The maximum absolute atomic E-state index is 12.4. The van der Waals surface area contributed by atoms with Crippen molar-refractivity contribution in [2.75, 3.05) is 50.7 Å². The molecule has 32 heavy (non-hydrogen) atoms. The number of benzene rings is 2. The maximum Gasteiger partial charge on any atom is 0.236 e. The van der Waals surface area contributed by atoms with Gasteiger partial charge in [-0.25, -0.2) is 4.98 Å². The molecule has 0 spiro atoms. The number of carboxylic acids is 1. The molecule has 1 amide bonds. The number of rotatable bonds is 7. The molecular weight excluding hydrogens is 406 g/mol. The third kappa shape index (κ3) is 4.45. The van der Waals surface area contributed by atoms with Crippen molar-refractivity contribution < 1.29 is 14.7 Å². The first kappa shape index (κ1) is 21.8. The number of hydrogen-bond donors (Lipinski definition) is 0. The fourth-order valence-corrected chi connectivity index (χ4v) is 4.22. The fourth-order valence-electron chi connectivity index (χ4n) is 4.22. The highest BCUT2D eigenvalue weighted by molar-refractivity contribution is 5.91. The second-order valence-corrected chi connectivity index (χ2v) is 7.95. The SMILES string of the molecule is CCN(CC)C(=O)CN1CCN(c2cccc(-n3cnc4cc(C(=O)[O-])ccc43)c2)CC1. The molecule has 0 atom stereocenters. The number of aromatic nitrogens is 2. The first-order chi connectivity index (χ1) is 15.5. The van der Waals surface area contributed by atoms with Gasteiger partial charge in [0.25, 0.3) is 0 Å². The van der Waals surface area contributed by atoms with Gasteiger partial charge in [0.1, 0.15) is 6.33 Å². The molecule has 1 aliphatic rings. The zero-order valence-corrected chi connectivity index (χ0v) is 18.5. The van der Waals surface area contributed by atoms with Gasteiger partial charge in [0, 0.05) is 50.6 Å². The number of piperazine rings is 1. The van der Waals surface area contributed by atoms with Gasteiger partial charge in [-0.3, -0.25) is 14.3 Å². The number of amides is 1. The summed E-state index contributed by atoms with van der Waals surface area (Å²) in [5.41, 5.74) is 3.65. The van der Waals surface area contributed by atoms with Gasteiger partial charge in [-0.15, -0.1) is 0 Å². The largest absolute Gasteiger partial charge is 0.545 e. The Morgan fingerprint density at radius 2 is 1.72 bits per heavy atom. The van der Waals surface area contributed by atoms with Gasteiger partial charge >= 0.3 is 0 Å². The number of hydrogen-bond acceptors (Lipinski definition) is 6. The van der Waals surface area contributed by atoms with Gasteiger partial charge in [-0.1, -0.05) is 12.1 Å². The normalized spacial score (nSPS) is 14.6. The quantitative estimate of drug-likeness (QED) is 0.559. The van der Waals surface area contributed by atoms with E-state index in [4.69, 9.17) is 0 Å². The Morgan fingerprint density at radius 3 is 2.41 bits per heavy atom. The lowest BCUT2D eigenvalue weighted by atomic mass is 10.2. The maximum atomic E-state index is 12.4. The lowest BCUT2D eigenvalue weighted by Crippen LogP contribution is -2.50. The molecule has 0 unspecified atom stereocenters. The van der Waals surface area contributed by atoms with E-state index in [-0.39, 0.29) is 11.5 Å². The first-order valence-corrected chi connectivity index (χ1v) is 11.0. The number of fused-ring (bicyclic) bond motifs is 1. The highest BCUT2D eigenvalue weighted by atomic mass is 16.4. The molecule has 2 aromatic carbocycles. The van der Waals surface area contributed by atoms with Crippen molar-refractivity contribution in [2.45, 2.75) is 13.8 Å². The van der Waals surface area contributed by atoms with E-state index in [0.717, 1.165) is 56.2 Å². The smallest absolute Gasteiger partial charge is 0.236 e. The number of aromatic carboxylic acids is 1. The lowest BCUT2D eigenvalue weighted by molar-refractivity contribution is -0.255. The van der Waals surface area contributed by atoms with Crippen LogP contribution in [0.5, 0.6) is 0 Å². The van der Waals surface area contributed by atoms with Crippen LogP contribution in [0.4, 0.5) is 5.69 Å². The van der Waals surface area contributed by atoms with Crippen LogP contribution in [-0.4, -0.2) is 77.0 Å². The molecule has 4 rings (SSSR count). The van der Waals surface area contributed by atoms with Gasteiger partial charge < -0.3 is 19.7 Å². The van der Waals surface area contributed by atoms with Crippen LogP contribution in [-0.2, 0) is 4.79 Å². The van der Waals surface area contributed by atoms with Gasteiger partial charge in [0.15, 0.2) is 0 Å². The molecule has 0 saturated carbocycles. The summed E-state index contributed by atoms with van der Waals surface area (Å²) < 4.78 is 1.96. The van der Waals surface area contributed by atoms with E-state index < -0.39 is 5.97 Å². The van der Waals surface area contributed by atoms with Gasteiger partial charge in [0.2, 0.25) is 5.91 Å². The molecule has 1 fully saturated rings. The summed E-state index contributed by atoms with van der Waals surface area (Å²) in [6.45, 7) is 9.40. The van der Waals surface area contributed by atoms with Crippen LogP contribution < -0.4 is 10.0 Å². The van der Waals surface area contributed by atoms with Gasteiger partial charge in [-0.05, 0) is 49.7 Å². The standard InChI is InChI=1S/C24H29N5O3/c1-3-27(4-2)23(30)16-26-10-12-28(13-11-26)19-6-5-7-20(15-19)29-17-25-21-14-18(24(31)32)8-9-22(21)29/h5-9,14-15,17H,3-4,10-13,16H2,1-2H3,(H,31,32)/p-1. The lowest BCUT2D eigenvalue weighted by Gasteiger charge is -2.36. The zero-order valence-electron chi connectivity index (χ0n) is 18.5. The van der Waals surface area contributed by atoms with Crippen LogP contribution in [0.2, 0.25) is 0 Å². The second kappa shape index (κ2) is 9.40. The molecule has 0 N–H and O–H groups in total. The summed E-state index contributed by atoms with van der Waals surface area (Å²) in [6, 6.07) is 13.1. The highest BCUT2D eigenvalue weighted by Gasteiger charge is 2.21. The molecular formula is C24H28N5O3-. The molecule has 1 aromatic heterocycles. The Balaban J connectivity index is 1.46. The van der Waals surface area contributed by atoms with Crippen LogP contribution in [0.25, 0.3) is 16.7 Å².